The van der Waals surface area contributed by atoms with Crippen LogP contribution in [0.5, 0.6) is 0 Å². The van der Waals surface area contributed by atoms with Crippen LogP contribution in [0.1, 0.15) is 24.8 Å². The van der Waals surface area contributed by atoms with Gasteiger partial charge in [-0.15, -0.1) is 0 Å². The van der Waals surface area contributed by atoms with E-state index in [4.69, 9.17) is 0 Å². The Morgan fingerprint density at radius 2 is 2.00 bits per heavy atom. The summed E-state index contributed by atoms with van der Waals surface area (Å²) < 4.78 is 1.08. The van der Waals surface area contributed by atoms with Gasteiger partial charge in [-0.25, -0.2) is 0 Å². The zero-order chi connectivity index (χ0) is 13.4. The zero-order valence-electron chi connectivity index (χ0n) is 11.0. The molecule has 0 radical (unpaired) electrons. The fourth-order valence-electron chi connectivity index (χ4n) is 3.06. The number of rotatable bonds is 4. The maximum absolute atomic E-state index is 12.0. The number of benzene rings is 1. The van der Waals surface area contributed by atoms with Gasteiger partial charge in [-0.3, -0.25) is 4.79 Å². The van der Waals surface area contributed by atoms with Gasteiger partial charge in [0.25, 0.3) is 0 Å². The molecular formula is C15H19BrN2O. The highest BCUT2D eigenvalue weighted by molar-refractivity contribution is 9.10. The first-order valence-corrected chi connectivity index (χ1v) is 7.70. The predicted molar refractivity (Wildman–Crippen MR) is 79.0 cm³/mol. The summed E-state index contributed by atoms with van der Waals surface area (Å²) in [4.78, 5) is 12.0. The highest BCUT2D eigenvalue weighted by atomic mass is 79.9. The highest BCUT2D eigenvalue weighted by Gasteiger charge is 2.53. The molecule has 2 fully saturated rings. The minimum absolute atomic E-state index is 0.190. The fraction of sp³-hybridized carbons (Fsp3) is 0.533. The van der Waals surface area contributed by atoms with Crippen molar-refractivity contribution in [1.82, 2.24) is 10.6 Å². The van der Waals surface area contributed by atoms with Gasteiger partial charge >= 0.3 is 0 Å². The van der Waals surface area contributed by atoms with Crippen LogP contribution in [-0.4, -0.2) is 25.0 Å². The molecule has 1 saturated heterocycles. The van der Waals surface area contributed by atoms with Crippen LogP contribution in [0.2, 0.25) is 0 Å². The lowest BCUT2D eigenvalue weighted by atomic mass is 9.97. The first-order chi connectivity index (χ1) is 9.15. The monoisotopic (exact) mass is 322 g/mol. The lowest BCUT2D eigenvalue weighted by molar-refractivity contribution is -0.121. The molecule has 3 nitrogen and oxygen atoms in total. The fourth-order valence-corrected chi connectivity index (χ4v) is 3.33. The van der Waals surface area contributed by atoms with Crippen LogP contribution in [0.15, 0.2) is 28.7 Å². The molecular weight excluding hydrogens is 304 g/mol. The van der Waals surface area contributed by atoms with Crippen molar-refractivity contribution >= 4 is 21.8 Å². The van der Waals surface area contributed by atoms with Crippen LogP contribution in [0.3, 0.4) is 0 Å². The number of carbonyl (C=O) groups excluding carboxylic acids is 1. The molecule has 3 atom stereocenters. The Labute approximate surface area is 122 Å². The van der Waals surface area contributed by atoms with Gasteiger partial charge in [0.1, 0.15) is 0 Å². The second kappa shape index (κ2) is 5.25. The Hall–Kier alpha value is -0.870. The smallest absolute Gasteiger partial charge is 0.220 e. The van der Waals surface area contributed by atoms with Gasteiger partial charge < -0.3 is 10.6 Å². The van der Waals surface area contributed by atoms with Gasteiger partial charge in [-0.05, 0) is 35.4 Å². The third kappa shape index (κ3) is 2.84. The van der Waals surface area contributed by atoms with Gasteiger partial charge in [0.15, 0.2) is 0 Å². The molecule has 0 bridgehead atoms. The molecule has 3 unspecified atom stereocenters. The summed E-state index contributed by atoms with van der Waals surface area (Å²) in [5.74, 6) is 1.83. The van der Waals surface area contributed by atoms with E-state index < -0.39 is 0 Å². The first-order valence-electron chi connectivity index (χ1n) is 6.90. The summed E-state index contributed by atoms with van der Waals surface area (Å²) in [5.41, 5.74) is 1.22. The minimum atomic E-state index is 0.190. The van der Waals surface area contributed by atoms with E-state index in [1.807, 2.05) is 12.1 Å². The number of amides is 1. The van der Waals surface area contributed by atoms with Gasteiger partial charge in [0.05, 0.1) is 0 Å². The van der Waals surface area contributed by atoms with Crippen molar-refractivity contribution < 1.29 is 4.79 Å². The number of hydrogen-bond donors (Lipinski definition) is 2. The van der Waals surface area contributed by atoms with Gasteiger partial charge in [-0.1, -0.05) is 35.0 Å². The Morgan fingerprint density at radius 1 is 1.37 bits per heavy atom. The van der Waals surface area contributed by atoms with Gasteiger partial charge in [-0.2, -0.15) is 0 Å². The van der Waals surface area contributed by atoms with Gasteiger partial charge in [0, 0.05) is 30.0 Å². The van der Waals surface area contributed by atoms with Crippen molar-refractivity contribution in [2.75, 3.05) is 13.1 Å². The summed E-state index contributed by atoms with van der Waals surface area (Å²) in [6.07, 6.45) is 0.574. The van der Waals surface area contributed by atoms with E-state index in [9.17, 15) is 4.79 Å². The summed E-state index contributed by atoms with van der Waals surface area (Å²) in [6.45, 7) is 4.24. The zero-order valence-corrected chi connectivity index (χ0v) is 12.6. The standard InChI is InChI=1S/C15H19BrN2O/c1-9(10-2-4-11(16)5-3-10)6-14(19)18-15-12-7-17-8-13(12)15/h2-5,9,12-13,15,17H,6-8H2,1H3,(H,18,19). The third-order valence-electron chi connectivity index (χ3n) is 4.35. The van der Waals surface area contributed by atoms with Crippen molar-refractivity contribution in [3.8, 4) is 0 Å². The number of nitrogens with one attached hydrogen (secondary N) is 2. The Morgan fingerprint density at radius 3 is 2.63 bits per heavy atom. The molecule has 3 rings (SSSR count). The van der Waals surface area contributed by atoms with Crippen LogP contribution in [0.4, 0.5) is 0 Å². The molecule has 2 N–H and O–H groups in total. The van der Waals surface area contributed by atoms with Crippen LogP contribution >= 0.6 is 15.9 Å². The van der Waals surface area contributed by atoms with Gasteiger partial charge in [0.2, 0.25) is 5.91 Å². The number of carbonyl (C=O) groups is 1. The van der Waals surface area contributed by atoms with Crippen LogP contribution in [0.25, 0.3) is 0 Å². The number of fused-ring (bicyclic) bond motifs is 1. The molecule has 1 aliphatic heterocycles. The van der Waals surface area contributed by atoms with E-state index in [0.29, 0.717) is 24.3 Å². The molecule has 1 heterocycles. The molecule has 4 heteroatoms. The third-order valence-corrected chi connectivity index (χ3v) is 4.88. The van der Waals surface area contributed by atoms with Crippen molar-refractivity contribution in [2.45, 2.75) is 25.3 Å². The van der Waals surface area contributed by atoms with Crippen molar-refractivity contribution in [2.24, 2.45) is 11.8 Å². The summed E-state index contributed by atoms with van der Waals surface area (Å²) in [7, 11) is 0. The van der Waals surface area contributed by atoms with Crippen molar-refractivity contribution in [3.63, 3.8) is 0 Å². The second-order valence-corrected chi connectivity index (χ2v) is 6.65. The molecule has 102 valence electrons. The van der Waals surface area contributed by atoms with E-state index in [-0.39, 0.29) is 11.8 Å². The lowest BCUT2D eigenvalue weighted by Gasteiger charge is -2.13. The van der Waals surface area contributed by atoms with Crippen LogP contribution in [0, 0.1) is 11.8 Å². The predicted octanol–water partition coefficient (Wildman–Crippen LogP) is 2.28. The number of piperidine rings is 1. The van der Waals surface area contributed by atoms with E-state index >= 15 is 0 Å². The minimum Gasteiger partial charge on any atom is -0.353 e. The summed E-state index contributed by atoms with van der Waals surface area (Å²) in [6, 6.07) is 8.66. The maximum Gasteiger partial charge on any atom is 0.220 e. The molecule has 1 aliphatic carbocycles. The number of halogens is 1. The first kappa shape index (κ1) is 13.1. The Balaban J connectivity index is 1.50. The van der Waals surface area contributed by atoms with E-state index in [1.165, 1.54) is 5.56 Å². The SMILES string of the molecule is CC(CC(=O)NC1C2CNCC21)c1ccc(Br)cc1. The van der Waals surface area contributed by atoms with E-state index in [1.54, 1.807) is 0 Å². The molecule has 0 aromatic heterocycles. The molecule has 1 aromatic rings. The second-order valence-electron chi connectivity index (χ2n) is 5.74. The molecule has 1 aromatic carbocycles. The molecule has 1 amide bonds. The summed E-state index contributed by atoms with van der Waals surface area (Å²) >= 11 is 3.43. The molecule has 1 saturated carbocycles. The molecule has 2 aliphatic rings. The van der Waals surface area contributed by atoms with Crippen molar-refractivity contribution in [3.05, 3.63) is 34.3 Å². The largest absolute Gasteiger partial charge is 0.353 e. The highest BCUT2D eigenvalue weighted by Crippen LogP contribution is 2.41. The topological polar surface area (TPSA) is 41.1 Å². The number of hydrogen-bond acceptors (Lipinski definition) is 2. The average molecular weight is 323 g/mol. The quantitative estimate of drug-likeness (QED) is 0.893. The van der Waals surface area contributed by atoms with E-state index in [2.05, 4.69) is 45.6 Å². The molecule has 19 heavy (non-hydrogen) atoms. The Kier molecular flexibility index (Phi) is 3.63. The van der Waals surface area contributed by atoms with Crippen molar-refractivity contribution in [1.29, 1.82) is 0 Å². The lowest BCUT2D eigenvalue weighted by Crippen LogP contribution is -2.33. The van der Waals surface area contributed by atoms with Crippen LogP contribution < -0.4 is 10.6 Å². The molecule has 0 spiro atoms. The maximum atomic E-state index is 12.0. The van der Waals surface area contributed by atoms with Crippen LogP contribution in [-0.2, 0) is 4.79 Å². The summed E-state index contributed by atoms with van der Waals surface area (Å²) in [5, 5.41) is 6.52. The Bertz CT molecular complexity index is 464. The average Bonchev–Trinajstić information content (AvgIpc) is 2.84. The normalized spacial score (nSPS) is 29.7. The van der Waals surface area contributed by atoms with E-state index in [0.717, 1.165) is 17.6 Å².